The minimum absolute atomic E-state index is 0.273. The summed E-state index contributed by atoms with van der Waals surface area (Å²) in [6, 6.07) is 3.07. The van der Waals surface area contributed by atoms with Crippen LogP contribution in [0, 0.1) is 12.7 Å². The van der Waals surface area contributed by atoms with Gasteiger partial charge in [0.1, 0.15) is 5.82 Å². The number of nitrogens with one attached hydrogen (secondary N) is 1. The van der Waals surface area contributed by atoms with Gasteiger partial charge in [-0.15, -0.1) is 0 Å². The monoisotopic (exact) mass is 225 g/mol. The van der Waals surface area contributed by atoms with E-state index in [2.05, 4.69) is 5.43 Å². The Kier molecular flexibility index (Phi) is 3.26. The molecular weight excluding hydrogens is 209 g/mol. The first-order valence-corrected chi connectivity index (χ1v) is 5.32. The van der Waals surface area contributed by atoms with Crippen molar-refractivity contribution >= 4 is 11.4 Å². The van der Waals surface area contributed by atoms with Crippen LogP contribution < -0.4 is 11.2 Å². The topological polar surface area (TPSA) is 50.5 Å². The molecule has 0 atom stereocenters. The molecule has 1 aromatic carbocycles. The van der Waals surface area contributed by atoms with E-state index < -0.39 is 0 Å². The number of aryl methyl sites for hydroxylation is 1. The Bertz CT molecular complexity index is 378. The normalized spacial score (nSPS) is 17.4. The van der Waals surface area contributed by atoms with Crippen LogP contribution in [0.15, 0.2) is 12.1 Å². The first kappa shape index (κ1) is 11.2. The van der Waals surface area contributed by atoms with E-state index in [0.29, 0.717) is 24.5 Å². The molecule has 1 aliphatic rings. The predicted octanol–water partition coefficient (Wildman–Crippen LogP) is 1.38. The third-order valence-corrected chi connectivity index (χ3v) is 2.62. The number of rotatable bonds is 2. The standard InChI is InChI=1S/C11H16FN3O/c1-8-6-11(10(13)7-9(8)12)14-15-2-4-16-5-3-15/h6-7,14H,2-5,13H2,1H3. The van der Waals surface area contributed by atoms with Crippen LogP contribution >= 0.6 is 0 Å². The lowest BCUT2D eigenvalue weighted by molar-refractivity contribution is 0.0497. The molecular formula is C11H16FN3O. The van der Waals surface area contributed by atoms with Gasteiger partial charge in [-0.05, 0) is 24.6 Å². The SMILES string of the molecule is Cc1cc(NN2CCOCC2)c(N)cc1F. The van der Waals surface area contributed by atoms with Crippen molar-refractivity contribution in [3.05, 3.63) is 23.5 Å². The Morgan fingerprint density at radius 3 is 2.75 bits per heavy atom. The molecule has 2 rings (SSSR count). The molecule has 1 saturated heterocycles. The highest BCUT2D eigenvalue weighted by molar-refractivity contribution is 5.66. The van der Waals surface area contributed by atoms with Crippen molar-refractivity contribution in [2.24, 2.45) is 0 Å². The molecule has 1 heterocycles. The second-order valence-electron chi connectivity index (χ2n) is 3.90. The number of halogens is 1. The number of hydrazine groups is 1. The molecule has 5 heteroatoms. The van der Waals surface area contributed by atoms with Crippen LogP contribution in [0.4, 0.5) is 15.8 Å². The second-order valence-corrected chi connectivity index (χ2v) is 3.90. The average molecular weight is 225 g/mol. The van der Waals surface area contributed by atoms with E-state index in [4.69, 9.17) is 10.5 Å². The van der Waals surface area contributed by atoms with Crippen LogP contribution in [0.5, 0.6) is 0 Å². The van der Waals surface area contributed by atoms with E-state index in [1.54, 1.807) is 13.0 Å². The van der Waals surface area contributed by atoms with Crippen LogP contribution in [-0.4, -0.2) is 31.3 Å². The molecule has 0 aromatic heterocycles. The van der Waals surface area contributed by atoms with Gasteiger partial charge in [0.2, 0.25) is 0 Å². The molecule has 0 bridgehead atoms. The maximum atomic E-state index is 13.2. The van der Waals surface area contributed by atoms with Crippen LogP contribution in [0.2, 0.25) is 0 Å². The van der Waals surface area contributed by atoms with Crippen LogP contribution in [0.1, 0.15) is 5.56 Å². The van der Waals surface area contributed by atoms with Crippen LogP contribution in [-0.2, 0) is 4.74 Å². The minimum atomic E-state index is -0.273. The quantitative estimate of drug-likeness (QED) is 0.746. The van der Waals surface area contributed by atoms with Crippen LogP contribution in [0.25, 0.3) is 0 Å². The summed E-state index contributed by atoms with van der Waals surface area (Å²) in [4.78, 5) is 0. The van der Waals surface area contributed by atoms with Crippen molar-refractivity contribution in [1.29, 1.82) is 0 Å². The van der Waals surface area contributed by atoms with Gasteiger partial charge in [0.15, 0.2) is 0 Å². The average Bonchev–Trinajstić information content (AvgIpc) is 2.27. The molecule has 0 saturated carbocycles. The lowest BCUT2D eigenvalue weighted by Gasteiger charge is -2.28. The third kappa shape index (κ3) is 2.43. The maximum Gasteiger partial charge on any atom is 0.128 e. The fourth-order valence-corrected chi connectivity index (χ4v) is 1.64. The fourth-order valence-electron chi connectivity index (χ4n) is 1.64. The molecule has 1 aliphatic heterocycles. The van der Waals surface area contributed by atoms with Gasteiger partial charge in [-0.25, -0.2) is 9.40 Å². The molecule has 88 valence electrons. The summed E-state index contributed by atoms with van der Waals surface area (Å²) in [6.45, 7) is 4.73. The Morgan fingerprint density at radius 2 is 2.06 bits per heavy atom. The zero-order valence-corrected chi connectivity index (χ0v) is 9.29. The van der Waals surface area contributed by atoms with Crippen molar-refractivity contribution in [2.75, 3.05) is 37.5 Å². The minimum Gasteiger partial charge on any atom is -0.397 e. The van der Waals surface area contributed by atoms with Crippen molar-refractivity contribution < 1.29 is 9.13 Å². The number of nitrogen functional groups attached to an aromatic ring is 1. The number of benzene rings is 1. The maximum absolute atomic E-state index is 13.2. The van der Waals surface area contributed by atoms with E-state index >= 15 is 0 Å². The number of ether oxygens (including phenoxy) is 1. The Labute approximate surface area is 94.1 Å². The Hall–Kier alpha value is -1.33. The van der Waals surface area contributed by atoms with E-state index in [1.807, 2.05) is 5.01 Å². The van der Waals surface area contributed by atoms with Gasteiger partial charge in [0.25, 0.3) is 0 Å². The van der Waals surface area contributed by atoms with Gasteiger partial charge in [-0.2, -0.15) is 0 Å². The molecule has 1 aromatic rings. The summed E-state index contributed by atoms with van der Waals surface area (Å²) in [7, 11) is 0. The molecule has 0 spiro atoms. The van der Waals surface area contributed by atoms with E-state index in [1.165, 1.54) is 6.07 Å². The number of nitrogens with two attached hydrogens (primary N) is 1. The van der Waals surface area contributed by atoms with Gasteiger partial charge < -0.3 is 15.9 Å². The van der Waals surface area contributed by atoms with E-state index in [-0.39, 0.29) is 5.82 Å². The summed E-state index contributed by atoms with van der Waals surface area (Å²) in [5, 5.41) is 2.02. The van der Waals surface area contributed by atoms with Gasteiger partial charge in [0.05, 0.1) is 24.6 Å². The molecule has 0 unspecified atom stereocenters. The van der Waals surface area contributed by atoms with Gasteiger partial charge in [0, 0.05) is 13.1 Å². The number of hydrogen-bond donors (Lipinski definition) is 2. The fraction of sp³-hybridized carbons (Fsp3) is 0.455. The smallest absolute Gasteiger partial charge is 0.128 e. The third-order valence-electron chi connectivity index (χ3n) is 2.62. The van der Waals surface area contributed by atoms with Crippen LogP contribution in [0.3, 0.4) is 0 Å². The van der Waals surface area contributed by atoms with Gasteiger partial charge >= 0.3 is 0 Å². The summed E-state index contributed by atoms with van der Waals surface area (Å²) in [5.41, 5.74) is 10.7. The Morgan fingerprint density at radius 1 is 1.38 bits per heavy atom. The molecule has 0 radical (unpaired) electrons. The van der Waals surface area contributed by atoms with E-state index in [9.17, 15) is 4.39 Å². The lowest BCUT2D eigenvalue weighted by Crippen LogP contribution is -2.40. The highest BCUT2D eigenvalue weighted by Gasteiger charge is 2.12. The van der Waals surface area contributed by atoms with E-state index in [0.717, 1.165) is 18.8 Å². The van der Waals surface area contributed by atoms with Gasteiger partial charge in [-0.1, -0.05) is 0 Å². The molecule has 3 N–H and O–H groups in total. The van der Waals surface area contributed by atoms with Gasteiger partial charge in [-0.3, -0.25) is 0 Å². The zero-order valence-electron chi connectivity index (χ0n) is 9.29. The number of hydrogen-bond acceptors (Lipinski definition) is 4. The van der Waals surface area contributed by atoms with Crippen molar-refractivity contribution in [3.8, 4) is 0 Å². The van der Waals surface area contributed by atoms with Crippen molar-refractivity contribution in [3.63, 3.8) is 0 Å². The number of anilines is 2. The molecule has 16 heavy (non-hydrogen) atoms. The Balaban J connectivity index is 2.11. The largest absolute Gasteiger partial charge is 0.397 e. The molecule has 4 nitrogen and oxygen atoms in total. The first-order chi connectivity index (χ1) is 7.66. The predicted molar refractivity (Wildman–Crippen MR) is 61.6 cm³/mol. The molecule has 1 fully saturated rings. The van der Waals surface area contributed by atoms with Crippen molar-refractivity contribution in [2.45, 2.75) is 6.92 Å². The summed E-state index contributed by atoms with van der Waals surface area (Å²) >= 11 is 0. The summed E-state index contributed by atoms with van der Waals surface area (Å²) in [6.07, 6.45) is 0. The molecule has 0 amide bonds. The first-order valence-electron chi connectivity index (χ1n) is 5.32. The summed E-state index contributed by atoms with van der Waals surface area (Å²) in [5.74, 6) is -0.273. The highest BCUT2D eigenvalue weighted by atomic mass is 19.1. The lowest BCUT2D eigenvalue weighted by atomic mass is 10.2. The number of nitrogens with zero attached hydrogens (tertiary/aromatic N) is 1. The number of morpholine rings is 1. The molecule has 0 aliphatic carbocycles. The summed E-state index contributed by atoms with van der Waals surface area (Å²) < 4.78 is 18.4. The highest BCUT2D eigenvalue weighted by Crippen LogP contribution is 2.23. The second kappa shape index (κ2) is 4.67. The van der Waals surface area contributed by atoms with Crippen molar-refractivity contribution in [1.82, 2.24) is 5.01 Å². The zero-order chi connectivity index (χ0) is 11.5.